The molecule has 8 heteroatoms. The van der Waals surface area contributed by atoms with Crippen LogP contribution in [0.5, 0.6) is 0 Å². The van der Waals surface area contributed by atoms with Gasteiger partial charge in [-0.1, -0.05) is 29.8 Å². The predicted octanol–water partition coefficient (Wildman–Crippen LogP) is 3.20. The van der Waals surface area contributed by atoms with E-state index in [2.05, 4.69) is 4.72 Å². The summed E-state index contributed by atoms with van der Waals surface area (Å²) in [6, 6.07) is 11.5. The van der Waals surface area contributed by atoms with E-state index in [4.69, 9.17) is 11.6 Å². The van der Waals surface area contributed by atoms with Gasteiger partial charge in [-0.15, -0.1) is 0 Å². The van der Waals surface area contributed by atoms with Gasteiger partial charge in [-0.25, -0.2) is 8.42 Å². The molecular formula is C17H14ClNO5S. The molecule has 0 amide bonds. The summed E-state index contributed by atoms with van der Waals surface area (Å²) in [4.78, 5) is 22.3. The summed E-state index contributed by atoms with van der Waals surface area (Å²) in [5.41, 5.74) is 0.355. The molecule has 2 aromatic carbocycles. The number of ketones is 2. The molecule has 2 rings (SSSR count). The number of Topliss-reactive ketones (excluding diaryl/α,β-unsaturated/α-hetero) is 1. The molecule has 0 heterocycles. The van der Waals surface area contributed by atoms with Crippen LogP contribution in [0, 0.1) is 0 Å². The minimum Gasteiger partial charge on any atom is -0.507 e. The molecule has 0 aliphatic rings. The minimum absolute atomic E-state index is 0.0167. The van der Waals surface area contributed by atoms with Crippen molar-refractivity contribution < 1.29 is 23.1 Å². The zero-order valence-electron chi connectivity index (χ0n) is 13.1. The lowest BCUT2D eigenvalue weighted by Gasteiger charge is -2.09. The standard InChI is InChI=1S/C17H14ClNO5S/c1-11(20)16(21)10-17(22)12-4-2-6-14(8-12)19-25(23,24)15-7-3-5-13(18)9-15/h2-10,19,22H,1H3/b17-10-. The number of allylic oxidation sites excluding steroid dienone is 1. The van der Waals surface area contributed by atoms with Crippen LogP contribution in [-0.4, -0.2) is 25.1 Å². The van der Waals surface area contributed by atoms with E-state index in [1.807, 2.05) is 0 Å². The van der Waals surface area contributed by atoms with Gasteiger partial charge in [-0.2, -0.15) is 0 Å². The van der Waals surface area contributed by atoms with Crippen LogP contribution in [0.25, 0.3) is 5.76 Å². The number of nitrogens with one attached hydrogen (secondary N) is 1. The molecule has 0 bridgehead atoms. The molecule has 0 unspecified atom stereocenters. The Labute approximate surface area is 149 Å². The summed E-state index contributed by atoms with van der Waals surface area (Å²) < 4.78 is 27.1. The summed E-state index contributed by atoms with van der Waals surface area (Å²) in [6.45, 7) is 1.08. The van der Waals surface area contributed by atoms with Crippen LogP contribution in [0.2, 0.25) is 5.02 Å². The third-order valence-electron chi connectivity index (χ3n) is 3.13. The second-order valence-corrected chi connectivity index (χ2v) is 7.21. The summed E-state index contributed by atoms with van der Waals surface area (Å²) in [5, 5.41) is 10.2. The van der Waals surface area contributed by atoms with Crippen molar-refractivity contribution in [2.45, 2.75) is 11.8 Å². The molecule has 0 spiro atoms. The number of hydrogen-bond donors (Lipinski definition) is 2. The third-order valence-corrected chi connectivity index (χ3v) is 4.75. The third kappa shape index (κ3) is 4.91. The van der Waals surface area contributed by atoms with Crippen molar-refractivity contribution in [3.8, 4) is 0 Å². The Balaban J connectivity index is 2.30. The van der Waals surface area contributed by atoms with Crippen molar-refractivity contribution >= 4 is 44.6 Å². The Morgan fingerprint density at radius 2 is 1.80 bits per heavy atom. The number of carbonyl (C=O) groups excluding carboxylic acids is 2. The first-order valence-corrected chi connectivity index (χ1v) is 8.89. The van der Waals surface area contributed by atoms with Gasteiger partial charge >= 0.3 is 0 Å². The number of halogens is 1. The molecule has 0 atom stereocenters. The van der Waals surface area contributed by atoms with Gasteiger partial charge < -0.3 is 5.11 Å². The molecule has 0 fully saturated rings. The van der Waals surface area contributed by atoms with Crippen LogP contribution < -0.4 is 4.72 Å². The van der Waals surface area contributed by atoms with Crippen LogP contribution in [0.15, 0.2) is 59.5 Å². The number of carbonyl (C=O) groups is 2. The molecule has 0 radical (unpaired) electrons. The molecular weight excluding hydrogens is 366 g/mol. The second-order valence-electron chi connectivity index (χ2n) is 5.09. The fourth-order valence-corrected chi connectivity index (χ4v) is 3.25. The highest BCUT2D eigenvalue weighted by atomic mass is 35.5. The van der Waals surface area contributed by atoms with E-state index in [0.717, 1.165) is 13.0 Å². The Hall–Kier alpha value is -2.64. The Morgan fingerprint density at radius 3 is 2.44 bits per heavy atom. The molecule has 6 nitrogen and oxygen atoms in total. The summed E-state index contributed by atoms with van der Waals surface area (Å²) >= 11 is 5.80. The summed E-state index contributed by atoms with van der Waals surface area (Å²) in [7, 11) is -3.87. The fraction of sp³-hybridized carbons (Fsp3) is 0.0588. The number of aliphatic hydroxyl groups is 1. The Bertz CT molecular complexity index is 967. The Morgan fingerprint density at radius 1 is 1.12 bits per heavy atom. The fourth-order valence-electron chi connectivity index (χ4n) is 1.90. The second kappa shape index (κ2) is 7.50. The van der Waals surface area contributed by atoms with E-state index in [9.17, 15) is 23.1 Å². The molecule has 0 aliphatic carbocycles. The lowest BCUT2D eigenvalue weighted by Crippen LogP contribution is -2.13. The average molecular weight is 380 g/mol. The number of sulfonamides is 1. The highest BCUT2D eigenvalue weighted by molar-refractivity contribution is 7.92. The lowest BCUT2D eigenvalue weighted by atomic mass is 10.1. The molecule has 0 aliphatic heterocycles. The number of rotatable bonds is 6. The van der Waals surface area contributed by atoms with Crippen LogP contribution in [-0.2, 0) is 19.6 Å². The Kier molecular flexibility index (Phi) is 5.61. The van der Waals surface area contributed by atoms with Crippen LogP contribution in [0.1, 0.15) is 12.5 Å². The first-order chi connectivity index (χ1) is 11.7. The minimum atomic E-state index is -3.87. The number of hydrogen-bond acceptors (Lipinski definition) is 5. The smallest absolute Gasteiger partial charge is 0.261 e. The zero-order chi connectivity index (χ0) is 18.6. The molecule has 0 saturated heterocycles. The van der Waals surface area contributed by atoms with Gasteiger partial charge in [0.05, 0.1) is 4.90 Å². The van der Waals surface area contributed by atoms with Crippen molar-refractivity contribution in [3.05, 3.63) is 65.2 Å². The predicted molar refractivity (Wildman–Crippen MR) is 95.0 cm³/mol. The number of aliphatic hydroxyl groups excluding tert-OH is 1. The maximum atomic E-state index is 12.4. The maximum Gasteiger partial charge on any atom is 0.261 e. The highest BCUT2D eigenvalue weighted by Gasteiger charge is 2.15. The SMILES string of the molecule is CC(=O)C(=O)/C=C(\O)c1cccc(NS(=O)(=O)c2cccc(Cl)c2)c1. The normalized spacial score (nSPS) is 11.8. The quantitative estimate of drug-likeness (QED) is 0.456. The first-order valence-electron chi connectivity index (χ1n) is 7.03. The van der Waals surface area contributed by atoms with E-state index in [-0.39, 0.29) is 21.2 Å². The van der Waals surface area contributed by atoms with Crippen molar-refractivity contribution in [2.24, 2.45) is 0 Å². The van der Waals surface area contributed by atoms with Crippen molar-refractivity contribution in [2.75, 3.05) is 4.72 Å². The van der Waals surface area contributed by atoms with Crippen LogP contribution in [0.3, 0.4) is 0 Å². The van der Waals surface area contributed by atoms with Crippen molar-refractivity contribution in [1.29, 1.82) is 0 Å². The number of anilines is 1. The highest BCUT2D eigenvalue weighted by Crippen LogP contribution is 2.22. The molecule has 130 valence electrons. The van der Waals surface area contributed by atoms with Gasteiger partial charge in [-0.3, -0.25) is 14.3 Å². The van der Waals surface area contributed by atoms with E-state index >= 15 is 0 Å². The van der Waals surface area contributed by atoms with Crippen molar-refractivity contribution in [3.63, 3.8) is 0 Å². The van der Waals surface area contributed by atoms with E-state index in [1.54, 1.807) is 6.07 Å². The first kappa shape index (κ1) is 18.7. The summed E-state index contributed by atoms with van der Waals surface area (Å²) in [5.74, 6) is -2.02. The molecule has 0 saturated carbocycles. The maximum absolute atomic E-state index is 12.4. The van der Waals surface area contributed by atoms with Gasteiger partial charge in [0.25, 0.3) is 10.0 Å². The van der Waals surface area contributed by atoms with Gasteiger partial charge in [0.2, 0.25) is 5.78 Å². The number of benzene rings is 2. The van der Waals surface area contributed by atoms with Gasteiger partial charge in [0.1, 0.15) is 5.76 Å². The topological polar surface area (TPSA) is 101 Å². The van der Waals surface area contributed by atoms with Gasteiger partial charge in [0.15, 0.2) is 5.78 Å². The summed E-state index contributed by atoms with van der Waals surface area (Å²) in [6.07, 6.45) is 0.785. The largest absolute Gasteiger partial charge is 0.507 e. The van der Waals surface area contributed by atoms with E-state index in [0.29, 0.717) is 0 Å². The van der Waals surface area contributed by atoms with E-state index < -0.39 is 27.3 Å². The van der Waals surface area contributed by atoms with E-state index in [1.165, 1.54) is 42.5 Å². The monoisotopic (exact) mass is 379 g/mol. The molecule has 0 aromatic heterocycles. The van der Waals surface area contributed by atoms with Crippen molar-refractivity contribution in [1.82, 2.24) is 0 Å². The average Bonchev–Trinajstić information content (AvgIpc) is 2.54. The lowest BCUT2D eigenvalue weighted by molar-refractivity contribution is -0.132. The van der Waals surface area contributed by atoms with Crippen LogP contribution in [0.4, 0.5) is 5.69 Å². The molecule has 25 heavy (non-hydrogen) atoms. The molecule has 2 N–H and O–H groups in total. The molecule has 2 aromatic rings. The van der Waals surface area contributed by atoms with Crippen LogP contribution >= 0.6 is 11.6 Å². The van der Waals surface area contributed by atoms with Gasteiger partial charge in [0, 0.05) is 29.3 Å². The van der Waals surface area contributed by atoms with Gasteiger partial charge in [-0.05, 0) is 30.3 Å². The zero-order valence-corrected chi connectivity index (χ0v) is 14.6.